The largest absolute Gasteiger partial charge is 0.357 e. The van der Waals surface area contributed by atoms with Crippen molar-refractivity contribution in [1.29, 1.82) is 0 Å². The third kappa shape index (κ3) is 2.95. The van der Waals surface area contributed by atoms with Crippen molar-refractivity contribution < 1.29 is 4.84 Å². The van der Waals surface area contributed by atoms with Gasteiger partial charge in [-0.15, -0.1) is 0 Å². The number of nitrogens with zero attached hydrogens (tertiary/aromatic N) is 1. The van der Waals surface area contributed by atoms with E-state index in [-0.39, 0.29) is 0 Å². The van der Waals surface area contributed by atoms with Gasteiger partial charge in [0.05, 0.1) is 6.21 Å². The average molecular weight is 197 g/mol. The van der Waals surface area contributed by atoms with Crippen molar-refractivity contribution in [2.24, 2.45) is 5.16 Å². The minimum Gasteiger partial charge on any atom is -0.357 e. The lowest BCUT2D eigenvalue weighted by atomic mass is 10.2. The highest BCUT2D eigenvalue weighted by Gasteiger charge is 1.87. The number of benzene rings is 2. The van der Waals surface area contributed by atoms with Crippen LogP contribution in [0.15, 0.2) is 65.8 Å². The Labute approximate surface area is 88.8 Å². The minimum atomic E-state index is 0.740. The van der Waals surface area contributed by atoms with E-state index in [1.165, 1.54) is 0 Å². The molecule has 0 unspecified atom stereocenters. The lowest BCUT2D eigenvalue weighted by Gasteiger charge is -1.96. The first kappa shape index (κ1) is 9.46. The molecule has 0 spiro atoms. The molecule has 0 atom stereocenters. The topological polar surface area (TPSA) is 21.6 Å². The molecule has 0 aliphatic heterocycles. The van der Waals surface area contributed by atoms with Crippen molar-refractivity contribution in [1.82, 2.24) is 0 Å². The summed E-state index contributed by atoms with van der Waals surface area (Å²) >= 11 is 0. The Morgan fingerprint density at radius 3 is 2.07 bits per heavy atom. The Morgan fingerprint density at radius 2 is 1.40 bits per heavy atom. The van der Waals surface area contributed by atoms with E-state index >= 15 is 0 Å². The maximum atomic E-state index is 5.18. The second kappa shape index (κ2) is 4.96. The molecule has 0 heterocycles. The fourth-order valence-corrected chi connectivity index (χ4v) is 1.17. The number of para-hydroxylation sites is 1. The van der Waals surface area contributed by atoms with E-state index < -0.39 is 0 Å². The van der Waals surface area contributed by atoms with Gasteiger partial charge >= 0.3 is 0 Å². The van der Waals surface area contributed by atoms with Crippen LogP contribution in [0.3, 0.4) is 0 Å². The molecule has 15 heavy (non-hydrogen) atoms. The van der Waals surface area contributed by atoms with E-state index in [1.807, 2.05) is 60.7 Å². The number of hydrogen-bond acceptors (Lipinski definition) is 2. The van der Waals surface area contributed by atoms with E-state index in [1.54, 1.807) is 6.21 Å². The SMILES string of the molecule is C(=NOc1ccccc1)c1ccccc1. The van der Waals surface area contributed by atoms with Crippen molar-refractivity contribution >= 4 is 6.21 Å². The molecular formula is C13H11NO. The molecule has 0 aliphatic rings. The molecule has 0 amide bonds. The normalized spacial score (nSPS) is 10.4. The summed E-state index contributed by atoms with van der Waals surface area (Å²) in [5.41, 5.74) is 1.02. The molecule has 0 N–H and O–H groups in total. The van der Waals surface area contributed by atoms with Crippen molar-refractivity contribution in [3.63, 3.8) is 0 Å². The van der Waals surface area contributed by atoms with Gasteiger partial charge in [0.25, 0.3) is 0 Å². The predicted molar refractivity (Wildman–Crippen MR) is 61.1 cm³/mol. The monoisotopic (exact) mass is 197 g/mol. The van der Waals surface area contributed by atoms with Crippen LogP contribution in [-0.2, 0) is 0 Å². The van der Waals surface area contributed by atoms with Crippen LogP contribution in [0.4, 0.5) is 0 Å². The first-order chi connectivity index (χ1) is 7.45. The summed E-state index contributed by atoms with van der Waals surface area (Å²) in [5.74, 6) is 0.740. The summed E-state index contributed by atoms with van der Waals surface area (Å²) in [6, 6.07) is 19.3. The van der Waals surface area contributed by atoms with Gasteiger partial charge in [0, 0.05) is 0 Å². The van der Waals surface area contributed by atoms with Gasteiger partial charge in [0.1, 0.15) is 0 Å². The Balaban J connectivity index is 1.97. The minimum absolute atomic E-state index is 0.740. The van der Waals surface area contributed by atoms with Gasteiger partial charge < -0.3 is 4.84 Å². The summed E-state index contributed by atoms with van der Waals surface area (Å²) < 4.78 is 0. The third-order valence-electron chi connectivity index (χ3n) is 1.90. The molecule has 2 nitrogen and oxygen atoms in total. The number of oxime groups is 1. The molecule has 74 valence electrons. The molecule has 2 rings (SSSR count). The molecule has 2 aromatic carbocycles. The summed E-state index contributed by atoms with van der Waals surface area (Å²) in [7, 11) is 0. The van der Waals surface area contributed by atoms with Crippen LogP contribution in [0.5, 0.6) is 5.75 Å². The van der Waals surface area contributed by atoms with Crippen molar-refractivity contribution in [2.75, 3.05) is 0 Å². The molecule has 0 bridgehead atoms. The standard InChI is InChI=1S/C13H11NO/c1-3-7-12(8-4-1)11-14-15-13-9-5-2-6-10-13/h1-11H. The van der Waals surface area contributed by atoms with Crippen molar-refractivity contribution in [3.8, 4) is 5.75 Å². The van der Waals surface area contributed by atoms with E-state index in [2.05, 4.69) is 5.16 Å². The zero-order chi connectivity index (χ0) is 10.3. The Kier molecular flexibility index (Phi) is 3.13. The highest BCUT2D eigenvalue weighted by atomic mass is 16.6. The van der Waals surface area contributed by atoms with Gasteiger partial charge in [0.2, 0.25) is 0 Å². The van der Waals surface area contributed by atoms with Crippen LogP contribution in [0, 0.1) is 0 Å². The van der Waals surface area contributed by atoms with Gasteiger partial charge in [-0.1, -0.05) is 53.7 Å². The fraction of sp³-hybridized carbons (Fsp3) is 0. The van der Waals surface area contributed by atoms with Gasteiger partial charge in [-0.25, -0.2) is 0 Å². The molecule has 0 saturated heterocycles. The van der Waals surface area contributed by atoms with Gasteiger partial charge in [-0.3, -0.25) is 0 Å². The zero-order valence-corrected chi connectivity index (χ0v) is 8.21. The Morgan fingerprint density at radius 1 is 0.800 bits per heavy atom. The molecule has 2 heteroatoms. The van der Waals surface area contributed by atoms with Crippen LogP contribution < -0.4 is 4.84 Å². The zero-order valence-electron chi connectivity index (χ0n) is 8.21. The van der Waals surface area contributed by atoms with Crippen molar-refractivity contribution in [3.05, 3.63) is 66.2 Å². The van der Waals surface area contributed by atoms with Crippen LogP contribution in [0.25, 0.3) is 0 Å². The van der Waals surface area contributed by atoms with Crippen LogP contribution in [-0.4, -0.2) is 6.21 Å². The summed E-state index contributed by atoms with van der Waals surface area (Å²) in [5, 5.41) is 3.89. The maximum absolute atomic E-state index is 5.18. The lowest BCUT2D eigenvalue weighted by molar-refractivity contribution is 0.344. The Hall–Kier alpha value is -2.09. The average Bonchev–Trinajstić information content (AvgIpc) is 2.32. The Bertz CT molecular complexity index is 423. The summed E-state index contributed by atoms with van der Waals surface area (Å²) in [4.78, 5) is 5.18. The summed E-state index contributed by atoms with van der Waals surface area (Å²) in [6.07, 6.45) is 1.69. The molecule has 2 aromatic rings. The van der Waals surface area contributed by atoms with E-state index in [0.717, 1.165) is 11.3 Å². The van der Waals surface area contributed by atoms with E-state index in [4.69, 9.17) is 4.84 Å². The van der Waals surface area contributed by atoms with Crippen LogP contribution >= 0.6 is 0 Å². The molecule has 0 saturated carbocycles. The second-order valence-corrected chi connectivity index (χ2v) is 3.05. The van der Waals surface area contributed by atoms with Crippen LogP contribution in [0.2, 0.25) is 0 Å². The number of hydrogen-bond donors (Lipinski definition) is 0. The first-order valence-corrected chi connectivity index (χ1v) is 4.75. The van der Waals surface area contributed by atoms with Crippen LogP contribution in [0.1, 0.15) is 5.56 Å². The quantitative estimate of drug-likeness (QED) is 0.547. The van der Waals surface area contributed by atoms with Gasteiger partial charge in [-0.05, 0) is 17.7 Å². The molecular weight excluding hydrogens is 186 g/mol. The summed E-state index contributed by atoms with van der Waals surface area (Å²) in [6.45, 7) is 0. The van der Waals surface area contributed by atoms with Crippen molar-refractivity contribution in [2.45, 2.75) is 0 Å². The molecule has 0 aromatic heterocycles. The van der Waals surface area contributed by atoms with E-state index in [9.17, 15) is 0 Å². The maximum Gasteiger partial charge on any atom is 0.157 e. The first-order valence-electron chi connectivity index (χ1n) is 4.75. The smallest absolute Gasteiger partial charge is 0.157 e. The molecule has 0 aliphatic carbocycles. The number of rotatable bonds is 3. The molecule has 0 radical (unpaired) electrons. The third-order valence-corrected chi connectivity index (χ3v) is 1.90. The highest BCUT2D eigenvalue weighted by Crippen LogP contribution is 2.08. The van der Waals surface area contributed by atoms with Gasteiger partial charge in [-0.2, -0.15) is 0 Å². The molecule has 0 fully saturated rings. The van der Waals surface area contributed by atoms with E-state index in [0.29, 0.717) is 0 Å². The fourth-order valence-electron chi connectivity index (χ4n) is 1.17. The highest BCUT2D eigenvalue weighted by molar-refractivity contribution is 5.78. The predicted octanol–water partition coefficient (Wildman–Crippen LogP) is 3.10. The van der Waals surface area contributed by atoms with Gasteiger partial charge in [0.15, 0.2) is 5.75 Å². The lowest BCUT2D eigenvalue weighted by Crippen LogP contribution is -1.85. The second-order valence-electron chi connectivity index (χ2n) is 3.05.